The Bertz CT molecular complexity index is 356. The lowest BCUT2D eigenvalue weighted by Crippen LogP contribution is -2.42. The van der Waals surface area contributed by atoms with E-state index in [0.29, 0.717) is 11.8 Å². The van der Waals surface area contributed by atoms with Crippen LogP contribution in [0, 0.1) is 0 Å². The Morgan fingerprint density at radius 2 is 2.06 bits per heavy atom. The van der Waals surface area contributed by atoms with Gasteiger partial charge in [-0.3, -0.25) is 4.79 Å². The van der Waals surface area contributed by atoms with Crippen molar-refractivity contribution in [1.29, 1.82) is 0 Å². The van der Waals surface area contributed by atoms with E-state index >= 15 is 0 Å². The fourth-order valence-corrected chi connectivity index (χ4v) is 1.82. The second-order valence-corrected chi connectivity index (χ2v) is 3.87. The molecule has 0 bridgehead atoms. The third-order valence-electron chi connectivity index (χ3n) is 2.59. The Kier molecular flexibility index (Phi) is 3.54. The van der Waals surface area contributed by atoms with Crippen molar-refractivity contribution in [1.82, 2.24) is 10.6 Å². The van der Waals surface area contributed by atoms with E-state index in [9.17, 15) is 4.79 Å². The van der Waals surface area contributed by atoms with Gasteiger partial charge in [-0.2, -0.15) is 0 Å². The second-order valence-electron chi connectivity index (χ2n) is 3.87. The highest BCUT2D eigenvalue weighted by Crippen LogP contribution is 2.18. The number of ether oxygens (including phenoxy) is 1. The van der Waals surface area contributed by atoms with Crippen LogP contribution in [0.4, 0.5) is 0 Å². The number of carbonyl (C=O) groups excluding carboxylic acids is 1. The molecule has 1 aliphatic heterocycles. The van der Waals surface area contributed by atoms with Crippen LogP contribution in [0.3, 0.4) is 0 Å². The molecule has 0 aromatic heterocycles. The van der Waals surface area contributed by atoms with Crippen molar-refractivity contribution < 1.29 is 9.53 Å². The third kappa shape index (κ3) is 2.81. The van der Waals surface area contributed by atoms with Crippen molar-refractivity contribution in [3.63, 3.8) is 0 Å². The molecule has 4 heteroatoms. The lowest BCUT2D eigenvalue weighted by atomic mass is 10.1. The number of benzene rings is 1. The molecule has 1 fully saturated rings. The van der Waals surface area contributed by atoms with Gasteiger partial charge in [-0.1, -0.05) is 12.1 Å². The minimum absolute atomic E-state index is 0.287. The standard InChI is InChI=1S/C12H16N2O2/c1-9(15)16-11-4-2-10(3-5-11)12-8-13-6-7-14-12/h2-5,12-14H,6-8H2,1H3/t12-/m0/s1. The smallest absolute Gasteiger partial charge is 0.308 e. The van der Waals surface area contributed by atoms with Crippen LogP contribution < -0.4 is 15.4 Å². The zero-order valence-electron chi connectivity index (χ0n) is 9.32. The van der Waals surface area contributed by atoms with Gasteiger partial charge in [0.2, 0.25) is 0 Å². The first-order chi connectivity index (χ1) is 7.75. The highest BCUT2D eigenvalue weighted by molar-refractivity contribution is 5.69. The first-order valence-electron chi connectivity index (χ1n) is 5.48. The molecule has 1 saturated heterocycles. The fourth-order valence-electron chi connectivity index (χ4n) is 1.82. The molecule has 2 N–H and O–H groups in total. The summed E-state index contributed by atoms with van der Waals surface area (Å²) >= 11 is 0. The van der Waals surface area contributed by atoms with E-state index in [1.165, 1.54) is 12.5 Å². The zero-order valence-corrected chi connectivity index (χ0v) is 9.32. The molecule has 4 nitrogen and oxygen atoms in total. The number of piperazine rings is 1. The summed E-state index contributed by atoms with van der Waals surface area (Å²) in [6, 6.07) is 7.98. The molecule has 0 amide bonds. The Balaban J connectivity index is 2.03. The summed E-state index contributed by atoms with van der Waals surface area (Å²) < 4.78 is 4.98. The average molecular weight is 220 g/mol. The topological polar surface area (TPSA) is 50.4 Å². The first-order valence-corrected chi connectivity index (χ1v) is 5.48. The lowest BCUT2D eigenvalue weighted by molar-refractivity contribution is -0.131. The number of carbonyl (C=O) groups is 1. The highest BCUT2D eigenvalue weighted by atomic mass is 16.5. The van der Waals surface area contributed by atoms with Crippen LogP contribution in [-0.2, 0) is 4.79 Å². The predicted octanol–water partition coefficient (Wildman–Crippen LogP) is 0.846. The van der Waals surface area contributed by atoms with Crippen LogP contribution in [0.2, 0.25) is 0 Å². The van der Waals surface area contributed by atoms with Gasteiger partial charge in [0.1, 0.15) is 5.75 Å². The SMILES string of the molecule is CC(=O)Oc1ccc([C@@H]2CNCCN2)cc1. The molecule has 1 aliphatic rings. The highest BCUT2D eigenvalue weighted by Gasteiger charge is 2.13. The quantitative estimate of drug-likeness (QED) is 0.573. The zero-order chi connectivity index (χ0) is 11.4. The van der Waals surface area contributed by atoms with Gasteiger partial charge in [-0.15, -0.1) is 0 Å². The molecule has 0 unspecified atom stereocenters. The van der Waals surface area contributed by atoms with Gasteiger partial charge < -0.3 is 15.4 Å². The maximum absolute atomic E-state index is 10.8. The third-order valence-corrected chi connectivity index (χ3v) is 2.59. The Morgan fingerprint density at radius 1 is 1.31 bits per heavy atom. The fraction of sp³-hybridized carbons (Fsp3) is 0.417. The minimum Gasteiger partial charge on any atom is -0.427 e. The van der Waals surface area contributed by atoms with Gasteiger partial charge >= 0.3 is 5.97 Å². The number of hydrogen-bond acceptors (Lipinski definition) is 4. The van der Waals surface area contributed by atoms with Crippen LogP contribution in [0.25, 0.3) is 0 Å². The van der Waals surface area contributed by atoms with Gasteiger partial charge in [0.25, 0.3) is 0 Å². The number of rotatable bonds is 2. The summed E-state index contributed by atoms with van der Waals surface area (Å²) in [7, 11) is 0. The number of nitrogens with one attached hydrogen (secondary N) is 2. The van der Waals surface area contributed by atoms with Crippen molar-refractivity contribution in [3.05, 3.63) is 29.8 Å². The summed E-state index contributed by atoms with van der Waals surface area (Å²) in [5, 5.41) is 6.76. The van der Waals surface area contributed by atoms with E-state index in [2.05, 4.69) is 10.6 Å². The summed E-state index contributed by atoms with van der Waals surface area (Å²) in [5.74, 6) is 0.310. The summed E-state index contributed by atoms with van der Waals surface area (Å²) in [5.41, 5.74) is 1.21. The van der Waals surface area contributed by atoms with Crippen LogP contribution in [-0.4, -0.2) is 25.6 Å². The Morgan fingerprint density at radius 3 is 2.62 bits per heavy atom. The summed E-state index contributed by atoms with van der Waals surface area (Å²) in [6.07, 6.45) is 0. The molecule has 2 rings (SSSR count). The summed E-state index contributed by atoms with van der Waals surface area (Å²) in [6.45, 7) is 4.34. The molecular formula is C12H16N2O2. The molecule has 86 valence electrons. The van der Waals surface area contributed by atoms with E-state index in [0.717, 1.165) is 19.6 Å². The normalized spacial score (nSPS) is 20.4. The monoisotopic (exact) mass is 220 g/mol. The van der Waals surface area contributed by atoms with E-state index < -0.39 is 0 Å². The first kappa shape index (κ1) is 11.1. The molecule has 1 atom stereocenters. The maximum Gasteiger partial charge on any atom is 0.308 e. The van der Waals surface area contributed by atoms with Gasteiger partial charge in [-0.05, 0) is 17.7 Å². The van der Waals surface area contributed by atoms with Crippen LogP contribution in [0.1, 0.15) is 18.5 Å². The maximum atomic E-state index is 10.8. The van der Waals surface area contributed by atoms with Gasteiger partial charge in [0, 0.05) is 32.6 Å². The van der Waals surface area contributed by atoms with E-state index in [-0.39, 0.29) is 5.97 Å². The molecule has 1 aromatic carbocycles. The van der Waals surface area contributed by atoms with Crippen molar-refractivity contribution >= 4 is 5.97 Å². The molecule has 1 aromatic rings. The second kappa shape index (κ2) is 5.09. The average Bonchev–Trinajstić information content (AvgIpc) is 2.30. The van der Waals surface area contributed by atoms with Crippen LogP contribution in [0.15, 0.2) is 24.3 Å². The van der Waals surface area contributed by atoms with Crippen molar-refractivity contribution in [2.24, 2.45) is 0 Å². The van der Waals surface area contributed by atoms with Gasteiger partial charge in [0.15, 0.2) is 0 Å². The Hall–Kier alpha value is -1.39. The van der Waals surface area contributed by atoms with Gasteiger partial charge in [-0.25, -0.2) is 0 Å². The van der Waals surface area contributed by atoms with E-state index in [1.807, 2.05) is 24.3 Å². The molecule has 0 saturated carbocycles. The van der Waals surface area contributed by atoms with Crippen molar-refractivity contribution in [2.45, 2.75) is 13.0 Å². The van der Waals surface area contributed by atoms with Crippen molar-refractivity contribution in [2.75, 3.05) is 19.6 Å². The largest absolute Gasteiger partial charge is 0.427 e. The van der Waals surface area contributed by atoms with Crippen LogP contribution in [0.5, 0.6) is 5.75 Å². The number of hydrogen-bond donors (Lipinski definition) is 2. The minimum atomic E-state index is -0.287. The molecular weight excluding hydrogens is 204 g/mol. The summed E-state index contributed by atoms with van der Waals surface area (Å²) in [4.78, 5) is 10.8. The Labute approximate surface area is 95.0 Å². The molecule has 0 aliphatic carbocycles. The predicted molar refractivity (Wildman–Crippen MR) is 61.4 cm³/mol. The van der Waals surface area contributed by atoms with E-state index in [4.69, 9.17) is 4.74 Å². The number of esters is 1. The van der Waals surface area contributed by atoms with Crippen molar-refractivity contribution in [3.8, 4) is 5.75 Å². The molecule has 16 heavy (non-hydrogen) atoms. The van der Waals surface area contributed by atoms with Gasteiger partial charge in [0.05, 0.1) is 0 Å². The van der Waals surface area contributed by atoms with E-state index in [1.54, 1.807) is 0 Å². The lowest BCUT2D eigenvalue weighted by Gasteiger charge is -2.24. The van der Waals surface area contributed by atoms with Crippen LogP contribution >= 0.6 is 0 Å². The molecule has 0 spiro atoms. The molecule has 1 heterocycles. The molecule has 0 radical (unpaired) electrons.